The number of nitrogens with zero attached hydrogens (tertiary/aromatic N) is 1. The minimum Gasteiger partial charge on any atom is -0.481 e. The topological polar surface area (TPSA) is 69.6 Å². The van der Waals surface area contributed by atoms with E-state index in [1.807, 2.05) is 18.7 Å². The summed E-state index contributed by atoms with van der Waals surface area (Å²) in [4.78, 5) is 25.2. The molecule has 2 atom stereocenters. The van der Waals surface area contributed by atoms with Crippen molar-refractivity contribution in [2.75, 3.05) is 19.6 Å². The highest BCUT2D eigenvalue weighted by Crippen LogP contribution is 2.20. The summed E-state index contributed by atoms with van der Waals surface area (Å²) >= 11 is 0. The van der Waals surface area contributed by atoms with Crippen molar-refractivity contribution >= 4 is 12.0 Å². The molecule has 0 radical (unpaired) electrons. The lowest BCUT2D eigenvalue weighted by atomic mass is 9.97. The molecule has 0 aromatic rings. The van der Waals surface area contributed by atoms with Gasteiger partial charge in [0.25, 0.3) is 0 Å². The Hall–Kier alpha value is -1.26. The fourth-order valence-corrected chi connectivity index (χ4v) is 2.94. The maximum atomic E-state index is 12.2. The van der Waals surface area contributed by atoms with Gasteiger partial charge in [-0.25, -0.2) is 4.79 Å². The molecule has 1 saturated heterocycles. The molecule has 0 aromatic carbocycles. The van der Waals surface area contributed by atoms with E-state index in [4.69, 9.17) is 0 Å². The van der Waals surface area contributed by atoms with Gasteiger partial charge in [-0.1, -0.05) is 27.2 Å². The predicted molar refractivity (Wildman–Crippen MR) is 83.2 cm³/mol. The maximum Gasteiger partial charge on any atom is 0.317 e. The van der Waals surface area contributed by atoms with Crippen molar-refractivity contribution < 1.29 is 14.7 Å². The Morgan fingerprint density at radius 2 is 2.00 bits per heavy atom. The first-order chi connectivity index (χ1) is 9.93. The summed E-state index contributed by atoms with van der Waals surface area (Å²) in [6, 6.07) is -0.109. The second-order valence-electron chi connectivity index (χ2n) is 6.54. The Labute approximate surface area is 128 Å². The van der Waals surface area contributed by atoms with E-state index in [9.17, 15) is 14.7 Å². The number of hydrogen-bond acceptors (Lipinski definition) is 2. The Bertz CT molecular complexity index is 344. The van der Waals surface area contributed by atoms with Gasteiger partial charge in [0.2, 0.25) is 0 Å². The van der Waals surface area contributed by atoms with Crippen LogP contribution < -0.4 is 5.32 Å². The van der Waals surface area contributed by atoms with Crippen molar-refractivity contribution in [2.24, 2.45) is 17.8 Å². The molecule has 122 valence electrons. The normalized spacial score (nSPS) is 21.0. The maximum absolute atomic E-state index is 12.2. The van der Waals surface area contributed by atoms with E-state index in [0.717, 1.165) is 31.8 Å². The van der Waals surface area contributed by atoms with Gasteiger partial charge in [0.1, 0.15) is 0 Å². The average molecular weight is 298 g/mol. The fourth-order valence-electron chi connectivity index (χ4n) is 2.94. The summed E-state index contributed by atoms with van der Waals surface area (Å²) in [6.45, 7) is 7.98. The smallest absolute Gasteiger partial charge is 0.317 e. The summed E-state index contributed by atoms with van der Waals surface area (Å²) < 4.78 is 0. The van der Waals surface area contributed by atoms with Crippen molar-refractivity contribution in [3.05, 3.63) is 0 Å². The molecule has 1 rings (SSSR count). The SMILES string of the molecule is CCC1CCCN(C(=O)NCC(CC(C)C)C(=O)O)CC1. The molecule has 0 saturated carbocycles. The van der Waals surface area contributed by atoms with Gasteiger partial charge in [-0.2, -0.15) is 0 Å². The summed E-state index contributed by atoms with van der Waals surface area (Å²) in [5, 5.41) is 12.0. The molecule has 1 aliphatic heterocycles. The molecule has 2 amide bonds. The van der Waals surface area contributed by atoms with Gasteiger partial charge in [0.05, 0.1) is 5.92 Å². The van der Waals surface area contributed by atoms with Crippen molar-refractivity contribution in [1.82, 2.24) is 10.2 Å². The highest BCUT2D eigenvalue weighted by molar-refractivity contribution is 5.76. The molecule has 2 unspecified atom stereocenters. The summed E-state index contributed by atoms with van der Waals surface area (Å²) in [5.74, 6) is -0.294. The van der Waals surface area contributed by atoms with Crippen LogP contribution in [-0.4, -0.2) is 41.6 Å². The lowest BCUT2D eigenvalue weighted by Crippen LogP contribution is -2.43. The van der Waals surface area contributed by atoms with Gasteiger partial charge in [0.15, 0.2) is 0 Å². The largest absolute Gasteiger partial charge is 0.481 e. The van der Waals surface area contributed by atoms with Crippen molar-refractivity contribution in [1.29, 1.82) is 0 Å². The van der Waals surface area contributed by atoms with E-state index in [0.29, 0.717) is 12.3 Å². The van der Waals surface area contributed by atoms with Gasteiger partial charge in [-0.15, -0.1) is 0 Å². The minimum absolute atomic E-state index is 0.109. The number of urea groups is 1. The molecule has 2 N–H and O–H groups in total. The number of carboxylic acid groups (broad SMARTS) is 1. The predicted octanol–water partition coefficient (Wildman–Crippen LogP) is 2.96. The molecule has 1 aliphatic rings. The fraction of sp³-hybridized carbons (Fsp3) is 0.875. The number of carbonyl (C=O) groups is 2. The highest BCUT2D eigenvalue weighted by Gasteiger charge is 2.23. The van der Waals surface area contributed by atoms with Crippen LogP contribution in [0.15, 0.2) is 0 Å². The number of rotatable bonds is 6. The van der Waals surface area contributed by atoms with Crippen LogP contribution in [0.3, 0.4) is 0 Å². The lowest BCUT2D eigenvalue weighted by molar-refractivity contribution is -0.142. The van der Waals surface area contributed by atoms with E-state index in [-0.39, 0.29) is 12.6 Å². The Morgan fingerprint density at radius 1 is 1.29 bits per heavy atom. The summed E-state index contributed by atoms with van der Waals surface area (Å²) in [6.07, 6.45) is 5.04. The van der Waals surface area contributed by atoms with Crippen molar-refractivity contribution in [3.8, 4) is 0 Å². The number of aliphatic carboxylic acids is 1. The van der Waals surface area contributed by atoms with Gasteiger partial charge < -0.3 is 15.3 Å². The second-order valence-corrected chi connectivity index (χ2v) is 6.54. The van der Waals surface area contributed by atoms with Crippen molar-refractivity contribution in [3.63, 3.8) is 0 Å². The third-order valence-corrected chi connectivity index (χ3v) is 4.32. The highest BCUT2D eigenvalue weighted by atomic mass is 16.4. The molecule has 0 bridgehead atoms. The van der Waals surface area contributed by atoms with Crippen LogP contribution in [0.25, 0.3) is 0 Å². The third kappa shape index (κ3) is 6.36. The molecule has 5 nitrogen and oxygen atoms in total. The van der Waals surface area contributed by atoms with Crippen LogP contribution in [0.2, 0.25) is 0 Å². The van der Waals surface area contributed by atoms with Crippen LogP contribution in [0.1, 0.15) is 52.9 Å². The Morgan fingerprint density at radius 3 is 2.57 bits per heavy atom. The average Bonchev–Trinajstić information content (AvgIpc) is 2.67. The van der Waals surface area contributed by atoms with Gasteiger partial charge in [-0.3, -0.25) is 4.79 Å². The molecule has 1 fully saturated rings. The first kappa shape index (κ1) is 17.8. The van der Waals surface area contributed by atoms with E-state index in [1.54, 1.807) is 0 Å². The molecule has 0 aliphatic carbocycles. The van der Waals surface area contributed by atoms with E-state index in [1.165, 1.54) is 12.8 Å². The zero-order chi connectivity index (χ0) is 15.8. The third-order valence-electron chi connectivity index (χ3n) is 4.32. The molecular formula is C16H30N2O3. The van der Waals surface area contributed by atoms with Gasteiger partial charge >= 0.3 is 12.0 Å². The summed E-state index contributed by atoms with van der Waals surface area (Å²) in [7, 11) is 0. The number of hydrogen-bond donors (Lipinski definition) is 2. The first-order valence-corrected chi connectivity index (χ1v) is 8.19. The monoisotopic (exact) mass is 298 g/mol. The van der Waals surface area contributed by atoms with Crippen molar-refractivity contribution in [2.45, 2.75) is 52.9 Å². The minimum atomic E-state index is -0.828. The molecule has 0 spiro atoms. The molecular weight excluding hydrogens is 268 g/mol. The van der Waals surface area contributed by atoms with Crippen LogP contribution >= 0.6 is 0 Å². The zero-order valence-corrected chi connectivity index (χ0v) is 13.6. The Kier molecular flexibility index (Phi) is 7.54. The van der Waals surface area contributed by atoms with E-state index < -0.39 is 11.9 Å². The second kappa shape index (κ2) is 8.90. The number of carboxylic acids is 1. The standard InChI is InChI=1S/C16H30N2O3/c1-4-13-6-5-8-18(9-7-13)16(21)17-11-14(15(19)20)10-12(2)3/h12-14H,4-11H2,1-3H3,(H,17,21)(H,19,20). The lowest BCUT2D eigenvalue weighted by Gasteiger charge is -2.23. The van der Waals surface area contributed by atoms with Gasteiger partial charge in [0, 0.05) is 19.6 Å². The number of carbonyl (C=O) groups excluding carboxylic acids is 1. The number of likely N-dealkylation sites (tertiary alicyclic amines) is 1. The van der Waals surface area contributed by atoms with E-state index >= 15 is 0 Å². The Balaban J connectivity index is 2.42. The van der Waals surface area contributed by atoms with Gasteiger partial charge in [-0.05, 0) is 37.5 Å². The molecule has 21 heavy (non-hydrogen) atoms. The molecule has 1 heterocycles. The van der Waals surface area contributed by atoms with Crippen LogP contribution in [0.5, 0.6) is 0 Å². The molecule has 0 aromatic heterocycles. The molecule has 5 heteroatoms. The number of amides is 2. The first-order valence-electron chi connectivity index (χ1n) is 8.19. The van der Waals surface area contributed by atoms with E-state index in [2.05, 4.69) is 12.2 Å². The van der Waals surface area contributed by atoms with Crippen LogP contribution in [0, 0.1) is 17.8 Å². The zero-order valence-electron chi connectivity index (χ0n) is 13.6. The number of nitrogens with one attached hydrogen (secondary N) is 1. The van der Waals surface area contributed by atoms with Crippen LogP contribution in [0.4, 0.5) is 4.79 Å². The quantitative estimate of drug-likeness (QED) is 0.792. The summed E-state index contributed by atoms with van der Waals surface area (Å²) in [5.41, 5.74) is 0. The van der Waals surface area contributed by atoms with Crippen LogP contribution in [-0.2, 0) is 4.79 Å².